The number of rotatable bonds is 6. The van der Waals surface area contributed by atoms with E-state index < -0.39 is 5.97 Å². The Morgan fingerprint density at radius 1 is 1.53 bits per heavy atom. The van der Waals surface area contributed by atoms with Crippen LogP contribution in [0.15, 0.2) is 24.0 Å². The van der Waals surface area contributed by atoms with Crippen LogP contribution in [0.3, 0.4) is 0 Å². The molecule has 0 aromatic heterocycles. The normalized spacial score (nSPS) is 11.8. The second-order valence-corrected chi connectivity index (χ2v) is 3.14. The van der Waals surface area contributed by atoms with Crippen LogP contribution in [0, 0.1) is 0 Å². The van der Waals surface area contributed by atoms with E-state index >= 15 is 0 Å². The van der Waals surface area contributed by atoms with Gasteiger partial charge in [0.25, 0.3) is 0 Å². The van der Waals surface area contributed by atoms with Gasteiger partial charge in [0, 0.05) is 27.1 Å². The number of ether oxygens (including phenoxy) is 1. The first-order valence-corrected chi connectivity index (χ1v) is 4.66. The van der Waals surface area contributed by atoms with E-state index in [4.69, 9.17) is 15.6 Å². The molecule has 0 aliphatic rings. The van der Waals surface area contributed by atoms with Crippen LogP contribution in [-0.4, -0.2) is 43.3 Å². The van der Waals surface area contributed by atoms with Crippen LogP contribution >= 0.6 is 0 Å². The number of hydrogen-bond donors (Lipinski definition) is 2. The summed E-state index contributed by atoms with van der Waals surface area (Å²) in [5, 5.41) is 8.47. The number of hydrogen-bond acceptors (Lipinski definition) is 5. The first-order valence-electron chi connectivity index (χ1n) is 4.66. The van der Waals surface area contributed by atoms with Crippen molar-refractivity contribution in [3.8, 4) is 0 Å². The molecule has 0 aromatic rings. The lowest BCUT2D eigenvalue weighted by Crippen LogP contribution is -2.15. The van der Waals surface area contributed by atoms with Gasteiger partial charge in [0.15, 0.2) is 0 Å². The predicted octanol–water partition coefficient (Wildman–Crippen LogP) is -0.170. The van der Waals surface area contributed by atoms with Crippen molar-refractivity contribution in [1.29, 1.82) is 0 Å². The molecule has 0 amide bonds. The van der Waals surface area contributed by atoms with Gasteiger partial charge >= 0.3 is 5.97 Å². The van der Waals surface area contributed by atoms with Gasteiger partial charge in [-0.15, -0.1) is 0 Å². The number of allylic oxidation sites excluding steroid dienone is 2. The maximum Gasteiger partial charge on any atom is 0.354 e. The second-order valence-electron chi connectivity index (χ2n) is 3.14. The fourth-order valence-corrected chi connectivity index (χ4v) is 0.700. The predicted molar refractivity (Wildman–Crippen MR) is 57.8 cm³/mol. The summed E-state index contributed by atoms with van der Waals surface area (Å²) in [4.78, 5) is 13.0. The number of carbonyl (C=O) groups excluding carboxylic acids is 1. The van der Waals surface area contributed by atoms with Crippen molar-refractivity contribution in [2.24, 2.45) is 5.73 Å². The van der Waals surface area contributed by atoms with Crippen LogP contribution in [0.25, 0.3) is 0 Å². The molecule has 0 spiro atoms. The number of esters is 1. The minimum Gasteiger partial charge on any atom is -0.461 e. The molecule has 5 nitrogen and oxygen atoms in total. The maximum absolute atomic E-state index is 11.1. The first kappa shape index (κ1) is 13.5. The topological polar surface area (TPSA) is 75.8 Å². The lowest BCUT2D eigenvalue weighted by atomic mass is 10.4. The molecule has 3 N–H and O–H groups in total. The molecule has 0 saturated carbocycles. The van der Waals surface area contributed by atoms with Crippen molar-refractivity contribution in [3.05, 3.63) is 24.0 Å². The fourth-order valence-electron chi connectivity index (χ4n) is 0.700. The van der Waals surface area contributed by atoms with Crippen molar-refractivity contribution in [2.45, 2.75) is 6.42 Å². The molecule has 0 radical (unpaired) electrons. The minimum absolute atomic E-state index is 0.00255. The Morgan fingerprint density at radius 2 is 2.20 bits per heavy atom. The highest BCUT2D eigenvalue weighted by Gasteiger charge is 2.04. The Bertz CT molecular complexity index is 247. The molecule has 0 fully saturated rings. The standard InChI is InChI=1S/C10H18N2O3/c1-12(2)6-3-5-9(11)10(14)15-8-4-7-13/h3,5-6,13H,4,7-8,11H2,1-2H3/b6-3+,9-5+. The van der Waals surface area contributed by atoms with Crippen molar-refractivity contribution in [1.82, 2.24) is 4.90 Å². The van der Waals surface area contributed by atoms with Gasteiger partial charge in [-0.05, 0) is 18.4 Å². The molecule has 0 unspecified atom stereocenters. The second kappa shape index (κ2) is 7.87. The maximum atomic E-state index is 11.1. The van der Waals surface area contributed by atoms with E-state index in [1.807, 2.05) is 19.0 Å². The van der Waals surface area contributed by atoms with Gasteiger partial charge in [0.1, 0.15) is 5.70 Å². The zero-order valence-corrected chi connectivity index (χ0v) is 9.14. The van der Waals surface area contributed by atoms with E-state index in [0.29, 0.717) is 6.42 Å². The van der Waals surface area contributed by atoms with Gasteiger partial charge in [-0.3, -0.25) is 0 Å². The summed E-state index contributed by atoms with van der Waals surface area (Å²) in [6.07, 6.45) is 5.31. The van der Waals surface area contributed by atoms with Crippen molar-refractivity contribution >= 4 is 5.97 Å². The van der Waals surface area contributed by atoms with Crippen molar-refractivity contribution in [2.75, 3.05) is 27.3 Å². The Kier molecular flexibility index (Phi) is 7.09. The van der Waals surface area contributed by atoms with Gasteiger partial charge in [-0.2, -0.15) is 0 Å². The highest BCUT2D eigenvalue weighted by molar-refractivity contribution is 5.87. The third-order valence-corrected chi connectivity index (χ3v) is 1.43. The third-order valence-electron chi connectivity index (χ3n) is 1.43. The van der Waals surface area contributed by atoms with Crippen LogP contribution in [-0.2, 0) is 9.53 Å². The molecule has 0 aliphatic carbocycles. The summed E-state index contributed by atoms with van der Waals surface area (Å²) >= 11 is 0. The zero-order valence-electron chi connectivity index (χ0n) is 9.14. The summed E-state index contributed by atoms with van der Waals surface area (Å²) in [7, 11) is 3.72. The van der Waals surface area contributed by atoms with Crippen LogP contribution in [0.2, 0.25) is 0 Å². The SMILES string of the molecule is CN(C)/C=C/C=C(/N)C(=O)OCCCO. The van der Waals surface area contributed by atoms with Crippen molar-refractivity contribution < 1.29 is 14.6 Å². The van der Waals surface area contributed by atoms with E-state index in [9.17, 15) is 4.79 Å². The van der Waals surface area contributed by atoms with E-state index in [2.05, 4.69) is 0 Å². The lowest BCUT2D eigenvalue weighted by Gasteiger charge is -2.03. The summed E-state index contributed by atoms with van der Waals surface area (Å²) < 4.78 is 4.76. The van der Waals surface area contributed by atoms with Crippen molar-refractivity contribution in [3.63, 3.8) is 0 Å². The fraction of sp³-hybridized carbons (Fsp3) is 0.500. The molecular weight excluding hydrogens is 196 g/mol. The van der Waals surface area contributed by atoms with Crippen LogP contribution < -0.4 is 5.73 Å². The summed E-state index contributed by atoms with van der Waals surface area (Å²) in [6, 6.07) is 0. The molecule has 0 bridgehead atoms. The quantitative estimate of drug-likeness (QED) is 0.278. The number of nitrogens with zero attached hydrogens (tertiary/aromatic N) is 1. The molecule has 86 valence electrons. The van der Waals surface area contributed by atoms with Crippen LogP contribution in [0.1, 0.15) is 6.42 Å². The van der Waals surface area contributed by atoms with E-state index in [1.54, 1.807) is 12.3 Å². The largest absolute Gasteiger partial charge is 0.461 e. The molecular formula is C10H18N2O3. The summed E-state index contributed by atoms with van der Waals surface area (Å²) in [5.74, 6) is -0.563. The van der Waals surface area contributed by atoms with Gasteiger partial charge in [-0.25, -0.2) is 4.79 Å². The van der Waals surface area contributed by atoms with E-state index in [1.165, 1.54) is 6.08 Å². The Labute approximate surface area is 89.8 Å². The molecule has 0 aliphatic heterocycles. The molecule has 15 heavy (non-hydrogen) atoms. The van der Waals surface area contributed by atoms with Gasteiger partial charge < -0.3 is 20.5 Å². The highest BCUT2D eigenvalue weighted by atomic mass is 16.5. The Morgan fingerprint density at radius 3 is 2.73 bits per heavy atom. The molecule has 0 heterocycles. The van der Waals surface area contributed by atoms with Gasteiger partial charge in [-0.1, -0.05) is 0 Å². The molecule has 0 saturated heterocycles. The minimum atomic E-state index is -0.563. The molecule has 0 atom stereocenters. The molecule has 0 rings (SSSR count). The highest BCUT2D eigenvalue weighted by Crippen LogP contribution is 1.92. The number of aliphatic hydroxyl groups excluding tert-OH is 1. The summed E-state index contributed by atoms with van der Waals surface area (Å²) in [6.45, 7) is 0.179. The average molecular weight is 214 g/mol. The van der Waals surface area contributed by atoms with Gasteiger partial charge in [0.2, 0.25) is 0 Å². The number of carbonyl (C=O) groups is 1. The smallest absolute Gasteiger partial charge is 0.354 e. The van der Waals surface area contributed by atoms with E-state index in [-0.39, 0.29) is 18.9 Å². The summed E-state index contributed by atoms with van der Waals surface area (Å²) in [5.41, 5.74) is 5.49. The molecule has 0 aromatic carbocycles. The molecule has 5 heteroatoms. The monoisotopic (exact) mass is 214 g/mol. The number of nitrogens with two attached hydrogens (primary N) is 1. The number of aliphatic hydroxyl groups is 1. The van der Waals surface area contributed by atoms with E-state index in [0.717, 1.165) is 0 Å². The van der Waals surface area contributed by atoms with Gasteiger partial charge in [0.05, 0.1) is 6.61 Å². The van der Waals surface area contributed by atoms with Crippen LogP contribution in [0.4, 0.5) is 0 Å². The first-order chi connectivity index (χ1) is 7.07. The Hall–Kier alpha value is -1.49. The zero-order chi connectivity index (χ0) is 11.7. The average Bonchev–Trinajstić information content (AvgIpc) is 2.17. The van der Waals surface area contributed by atoms with Crippen LogP contribution in [0.5, 0.6) is 0 Å². The lowest BCUT2D eigenvalue weighted by molar-refractivity contribution is -0.139. The Balaban J connectivity index is 3.96. The third kappa shape index (κ3) is 7.57.